The van der Waals surface area contributed by atoms with Crippen LogP contribution in [0.5, 0.6) is 0 Å². The minimum absolute atomic E-state index is 0.213. The first kappa shape index (κ1) is 11.2. The summed E-state index contributed by atoms with van der Waals surface area (Å²) in [5.41, 5.74) is 1.35. The van der Waals surface area contributed by atoms with Crippen LogP contribution in [0.25, 0.3) is 0 Å². The van der Waals surface area contributed by atoms with Crippen LogP contribution in [0.4, 0.5) is 4.39 Å². The maximum absolute atomic E-state index is 11.9. The molecule has 1 rings (SSSR count). The molecule has 1 aromatic carbocycles. The van der Waals surface area contributed by atoms with E-state index in [2.05, 4.69) is 29.2 Å². The standard InChI is InChI=1S/C12H18FN/c1-14(10-5-9-13)11-8-12-6-3-2-4-7-12/h2-4,6-7H,5,8-11H2,1H3. The van der Waals surface area contributed by atoms with E-state index in [-0.39, 0.29) is 6.67 Å². The average Bonchev–Trinajstić information content (AvgIpc) is 2.25. The zero-order chi connectivity index (χ0) is 10.2. The van der Waals surface area contributed by atoms with Crippen LogP contribution in [-0.4, -0.2) is 31.7 Å². The molecule has 0 saturated carbocycles. The van der Waals surface area contributed by atoms with Crippen molar-refractivity contribution in [1.82, 2.24) is 4.90 Å². The maximum Gasteiger partial charge on any atom is 0.0906 e. The van der Waals surface area contributed by atoms with Crippen LogP contribution in [0.1, 0.15) is 12.0 Å². The predicted octanol–water partition coefficient (Wildman–Crippen LogP) is 2.52. The van der Waals surface area contributed by atoms with E-state index < -0.39 is 0 Å². The van der Waals surface area contributed by atoms with Gasteiger partial charge in [0.1, 0.15) is 0 Å². The van der Waals surface area contributed by atoms with E-state index in [1.165, 1.54) is 5.56 Å². The van der Waals surface area contributed by atoms with Crippen LogP contribution >= 0.6 is 0 Å². The Morgan fingerprint density at radius 1 is 1.14 bits per heavy atom. The highest BCUT2D eigenvalue weighted by Gasteiger charge is 1.98. The summed E-state index contributed by atoms with van der Waals surface area (Å²) >= 11 is 0. The molecule has 0 spiro atoms. The molecule has 0 unspecified atom stereocenters. The molecule has 0 aliphatic heterocycles. The summed E-state index contributed by atoms with van der Waals surface area (Å²) in [5.74, 6) is 0. The van der Waals surface area contributed by atoms with Crippen molar-refractivity contribution < 1.29 is 4.39 Å². The Labute approximate surface area is 85.5 Å². The van der Waals surface area contributed by atoms with Crippen LogP contribution in [0.3, 0.4) is 0 Å². The highest BCUT2D eigenvalue weighted by molar-refractivity contribution is 5.14. The van der Waals surface area contributed by atoms with Gasteiger partial charge < -0.3 is 4.90 Å². The van der Waals surface area contributed by atoms with Gasteiger partial charge in [0.15, 0.2) is 0 Å². The quantitative estimate of drug-likeness (QED) is 0.674. The first-order valence-electron chi connectivity index (χ1n) is 5.11. The smallest absolute Gasteiger partial charge is 0.0906 e. The number of alkyl halides is 1. The fourth-order valence-electron chi connectivity index (χ4n) is 1.41. The Balaban J connectivity index is 2.20. The zero-order valence-corrected chi connectivity index (χ0v) is 8.75. The molecule has 0 saturated heterocycles. The minimum Gasteiger partial charge on any atom is -0.306 e. The summed E-state index contributed by atoms with van der Waals surface area (Å²) < 4.78 is 11.9. The lowest BCUT2D eigenvalue weighted by molar-refractivity contribution is 0.312. The largest absolute Gasteiger partial charge is 0.306 e. The first-order valence-corrected chi connectivity index (χ1v) is 5.11. The molecule has 78 valence electrons. The van der Waals surface area contributed by atoms with E-state index in [0.29, 0.717) is 6.42 Å². The van der Waals surface area contributed by atoms with Gasteiger partial charge in [0.25, 0.3) is 0 Å². The fourth-order valence-corrected chi connectivity index (χ4v) is 1.41. The second-order valence-corrected chi connectivity index (χ2v) is 3.58. The summed E-state index contributed by atoms with van der Waals surface area (Å²) in [6, 6.07) is 10.4. The van der Waals surface area contributed by atoms with Gasteiger partial charge >= 0.3 is 0 Å². The van der Waals surface area contributed by atoms with Crippen molar-refractivity contribution in [2.75, 3.05) is 26.8 Å². The monoisotopic (exact) mass is 195 g/mol. The highest BCUT2D eigenvalue weighted by atomic mass is 19.1. The van der Waals surface area contributed by atoms with Gasteiger partial charge in [0.05, 0.1) is 6.67 Å². The number of rotatable bonds is 6. The molecule has 1 aromatic rings. The van der Waals surface area contributed by atoms with Crippen molar-refractivity contribution in [2.24, 2.45) is 0 Å². The van der Waals surface area contributed by atoms with Crippen LogP contribution < -0.4 is 0 Å². The summed E-state index contributed by atoms with van der Waals surface area (Å²) in [4.78, 5) is 2.17. The van der Waals surface area contributed by atoms with Crippen molar-refractivity contribution in [1.29, 1.82) is 0 Å². The van der Waals surface area contributed by atoms with Crippen LogP contribution in [-0.2, 0) is 6.42 Å². The molecule has 1 nitrogen and oxygen atoms in total. The van der Waals surface area contributed by atoms with Gasteiger partial charge in [0.2, 0.25) is 0 Å². The second kappa shape index (κ2) is 6.55. The maximum atomic E-state index is 11.9. The number of halogens is 1. The lowest BCUT2D eigenvalue weighted by Gasteiger charge is -2.15. The van der Waals surface area contributed by atoms with Crippen LogP contribution in [0.15, 0.2) is 30.3 Å². The number of hydrogen-bond acceptors (Lipinski definition) is 1. The third-order valence-electron chi connectivity index (χ3n) is 2.30. The molecule has 0 fully saturated rings. The third-order valence-corrected chi connectivity index (χ3v) is 2.30. The van der Waals surface area contributed by atoms with Crippen molar-refractivity contribution in [3.8, 4) is 0 Å². The van der Waals surface area contributed by atoms with E-state index in [4.69, 9.17) is 0 Å². The normalized spacial score (nSPS) is 10.8. The average molecular weight is 195 g/mol. The summed E-state index contributed by atoms with van der Waals surface area (Å²) in [6.07, 6.45) is 1.69. The minimum atomic E-state index is -0.213. The molecule has 14 heavy (non-hydrogen) atoms. The van der Waals surface area contributed by atoms with Gasteiger partial charge in [-0.1, -0.05) is 30.3 Å². The molecular weight excluding hydrogens is 177 g/mol. The van der Waals surface area contributed by atoms with E-state index in [1.807, 2.05) is 13.1 Å². The Kier molecular flexibility index (Phi) is 5.23. The van der Waals surface area contributed by atoms with E-state index in [0.717, 1.165) is 19.5 Å². The first-order chi connectivity index (χ1) is 6.83. The lowest BCUT2D eigenvalue weighted by atomic mass is 10.1. The number of hydrogen-bond donors (Lipinski definition) is 0. The molecule has 0 atom stereocenters. The molecule has 0 aliphatic carbocycles. The molecular formula is C12H18FN. The summed E-state index contributed by atoms with van der Waals surface area (Å²) in [5, 5.41) is 0. The van der Waals surface area contributed by atoms with E-state index in [9.17, 15) is 4.39 Å². The molecule has 0 bridgehead atoms. The van der Waals surface area contributed by atoms with E-state index >= 15 is 0 Å². The Bertz CT molecular complexity index is 235. The van der Waals surface area contributed by atoms with Gasteiger partial charge in [-0.25, -0.2) is 0 Å². The van der Waals surface area contributed by atoms with Crippen molar-refractivity contribution in [3.63, 3.8) is 0 Å². The van der Waals surface area contributed by atoms with Gasteiger partial charge in [-0.15, -0.1) is 0 Å². The number of nitrogens with zero attached hydrogens (tertiary/aromatic N) is 1. The molecule has 0 N–H and O–H groups in total. The summed E-state index contributed by atoms with van der Waals surface area (Å²) in [7, 11) is 2.04. The van der Waals surface area contributed by atoms with Gasteiger partial charge in [0, 0.05) is 13.1 Å². The Morgan fingerprint density at radius 2 is 1.86 bits per heavy atom. The molecule has 0 heterocycles. The fraction of sp³-hybridized carbons (Fsp3) is 0.500. The van der Waals surface area contributed by atoms with E-state index in [1.54, 1.807) is 0 Å². The van der Waals surface area contributed by atoms with Crippen molar-refractivity contribution in [3.05, 3.63) is 35.9 Å². The Hall–Kier alpha value is -0.890. The van der Waals surface area contributed by atoms with Gasteiger partial charge in [-0.2, -0.15) is 0 Å². The van der Waals surface area contributed by atoms with Crippen molar-refractivity contribution >= 4 is 0 Å². The molecule has 0 aromatic heterocycles. The van der Waals surface area contributed by atoms with Gasteiger partial charge in [-0.3, -0.25) is 4.39 Å². The highest BCUT2D eigenvalue weighted by Crippen LogP contribution is 2.00. The zero-order valence-electron chi connectivity index (χ0n) is 8.75. The van der Waals surface area contributed by atoms with Crippen LogP contribution in [0.2, 0.25) is 0 Å². The molecule has 0 radical (unpaired) electrons. The SMILES string of the molecule is CN(CCCF)CCc1ccccc1. The molecule has 0 aliphatic rings. The van der Waals surface area contributed by atoms with Crippen molar-refractivity contribution in [2.45, 2.75) is 12.8 Å². The lowest BCUT2D eigenvalue weighted by Crippen LogP contribution is -2.22. The Morgan fingerprint density at radius 3 is 2.50 bits per heavy atom. The summed E-state index contributed by atoms with van der Waals surface area (Å²) in [6.45, 7) is 1.64. The second-order valence-electron chi connectivity index (χ2n) is 3.58. The molecule has 2 heteroatoms. The van der Waals surface area contributed by atoms with Crippen LogP contribution in [0, 0.1) is 0 Å². The topological polar surface area (TPSA) is 3.24 Å². The number of likely N-dealkylation sites (N-methyl/N-ethyl adjacent to an activating group) is 1. The number of benzene rings is 1. The predicted molar refractivity (Wildman–Crippen MR) is 58.2 cm³/mol. The molecule has 0 amide bonds. The third kappa shape index (κ3) is 4.38. The van der Waals surface area contributed by atoms with Gasteiger partial charge in [-0.05, 0) is 25.5 Å².